The van der Waals surface area contributed by atoms with Crippen LogP contribution in [0.25, 0.3) is 11.1 Å². The van der Waals surface area contributed by atoms with E-state index in [-0.39, 0.29) is 17.2 Å². The number of hydrogen-bond donors (Lipinski definition) is 1. The van der Waals surface area contributed by atoms with Crippen LogP contribution in [-0.2, 0) is 6.54 Å². The molecule has 0 bridgehead atoms. The minimum atomic E-state index is -0.959. The molecule has 0 unspecified atom stereocenters. The standard InChI is InChI=1S/C23H21N3O3/c1-3-5-10-21-24-22(20(27)4-2)25-26(21)15-16-11-13-17(14-12-16)18-8-6-7-9-19(18)23(28)29/h6-9,11-14H,3-4,15H2,1-2H3,(H,28,29). The van der Waals surface area contributed by atoms with Crippen molar-refractivity contribution in [1.29, 1.82) is 0 Å². The smallest absolute Gasteiger partial charge is 0.336 e. The summed E-state index contributed by atoms with van der Waals surface area (Å²) in [6, 6.07) is 14.5. The van der Waals surface area contributed by atoms with E-state index in [0.29, 0.717) is 30.8 Å². The molecule has 0 aliphatic carbocycles. The maximum Gasteiger partial charge on any atom is 0.336 e. The van der Waals surface area contributed by atoms with Crippen molar-refractivity contribution in [2.75, 3.05) is 0 Å². The summed E-state index contributed by atoms with van der Waals surface area (Å²) in [5.74, 6) is 5.49. The summed E-state index contributed by atoms with van der Waals surface area (Å²) in [5.41, 5.74) is 2.69. The van der Waals surface area contributed by atoms with Crippen LogP contribution in [0.4, 0.5) is 0 Å². The SMILES string of the molecule is CCC#Cc1nc(C(=O)CC)nn1Cc1ccc(-c2ccccc2C(=O)O)cc1. The van der Waals surface area contributed by atoms with Gasteiger partial charge in [0.25, 0.3) is 0 Å². The molecule has 1 aromatic heterocycles. The molecule has 29 heavy (non-hydrogen) atoms. The molecule has 2 aromatic carbocycles. The Balaban J connectivity index is 1.90. The zero-order valence-corrected chi connectivity index (χ0v) is 16.3. The summed E-state index contributed by atoms with van der Waals surface area (Å²) in [6.07, 6.45) is 1.02. The molecule has 6 nitrogen and oxygen atoms in total. The summed E-state index contributed by atoms with van der Waals surface area (Å²) < 4.78 is 1.63. The molecular weight excluding hydrogens is 366 g/mol. The van der Waals surface area contributed by atoms with Gasteiger partial charge in [-0.15, -0.1) is 5.10 Å². The van der Waals surface area contributed by atoms with Crippen LogP contribution >= 0.6 is 0 Å². The first-order valence-corrected chi connectivity index (χ1v) is 9.42. The van der Waals surface area contributed by atoms with Gasteiger partial charge < -0.3 is 5.11 Å². The number of aromatic carboxylic acids is 1. The first-order valence-electron chi connectivity index (χ1n) is 9.42. The maximum absolute atomic E-state index is 12.0. The summed E-state index contributed by atoms with van der Waals surface area (Å²) in [5, 5.41) is 13.7. The first kappa shape index (κ1) is 20.0. The monoisotopic (exact) mass is 387 g/mol. The number of Topliss-reactive ketones (excluding diaryl/α,β-unsaturated/α-hetero) is 1. The van der Waals surface area contributed by atoms with Crippen LogP contribution in [0.1, 0.15) is 59.1 Å². The molecule has 3 rings (SSSR count). The van der Waals surface area contributed by atoms with Gasteiger partial charge in [0.2, 0.25) is 17.4 Å². The molecular formula is C23H21N3O3. The lowest BCUT2D eigenvalue weighted by Gasteiger charge is -2.08. The molecule has 0 saturated carbocycles. The van der Waals surface area contributed by atoms with E-state index in [9.17, 15) is 14.7 Å². The van der Waals surface area contributed by atoms with Gasteiger partial charge >= 0.3 is 5.97 Å². The van der Waals surface area contributed by atoms with E-state index in [4.69, 9.17) is 0 Å². The molecule has 1 heterocycles. The van der Waals surface area contributed by atoms with Gasteiger partial charge in [-0.25, -0.2) is 9.48 Å². The molecule has 0 aliphatic rings. The molecule has 0 aliphatic heterocycles. The van der Waals surface area contributed by atoms with Crippen LogP contribution in [-0.4, -0.2) is 31.6 Å². The lowest BCUT2D eigenvalue weighted by atomic mass is 9.99. The van der Waals surface area contributed by atoms with E-state index in [1.54, 1.807) is 29.8 Å². The number of carbonyl (C=O) groups is 2. The third-order valence-electron chi connectivity index (χ3n) is 4.37. The molecule has 0 fully saturated rings. The Kier molecular flexibility index (Phi) is 6.20. The Morgan fingerprint density at radius 1 is 1.07 bits per heavy atom. The number of aromatic nitrogens is 3. The van der Waals surface area contributed by atoms with E-state index >= 15 is 0 Å². The molecule has 146 valence electrons. The van der Waals surface area contributed by atoms with Gasteiger partial charge in [0.15, 0.2) is 0 Å². The van der Waals surface area contributed by atoms with Crippen molar-refractivity contribution in [2.24, 2.45) is 0 Å². The third kappa shape index (κ3) is 4.58. The van der Waals surface area contributed by atoms with Crippen molar-refractivity contribution in [1.82, 2.24) is 14.8 Å². The second kappa shape index (κ2) is 8.98. The number of carboxylic acid groups (broad SMARTS) is 1. The van der Waals surface area contributed by atoms with Crippen LogP contribution in [0, 0.1) is 11.8 Å². The number of carbonyl (C=O) groups excluding carboxylic acids is 1. The number of carboxylic acids is 1. The Morgan fingerprint density at radius 2 is 1.79 bits per heavy atom. The van der Waals surface area contributed by atoms with Gasteiger partial charge in [0.1, 0.15) is 0 Å². The van der Waals surface area contributed by atoms with Gasteiger partial charge in [-0.05, 0) is 28.7 Å². The van der Waals surface area contributed by atoms with Crippen molar-refractivity contribution in [3.05, 3.63) is 71.3 Å². The predicted octanol–water partition coefficient (Wildman–Crippen LogP) is 4.05. The molecule has 0 saturated heterocycles. The Labute approximate surface area is 169 Å². The van der Waals surface area contributed by atoms with Gasteiger partial charge in [0, 0.05) is 12.8 Å². The summed E-state index contributed by atoms with van der Waals surface area (Å²) in [4.78, 5) is 27.7. The normalized spacial score (nSPS) is 10.3. The Bertz CT molecular complexity index is 1100. The lowest BCUT2D eigenvalue weighted by Crippen LogP contribution is -2.06. The van der Waals surface area contributed by atoms with E-state index in [1.165, 1.54) is 0 Å². The number of nitrogens with zero attached hydrogens (tertiary/aromatic N) is 3. The minimum Gasteiger partial charge on any atom is -0.478 e. The van der Waals surface area contributed by atoms with Gasteiger partial charge in [-0.3, -0.25) is 4.79 Å². The molecule has 0 amide bonds. The van der Waals surface area contributed by atoms with Gasteiger partial charge in [0.05, 0.1) is 12.1 Å². The minimum absolute atomic E-state index is 0.121. The second-order valence-electron chi connectivity index (χ2n) is 6.40. The molecule has 0 atom stereocenters. The van der Waals surface area contributed by atoms with Gasteiger partial charge in [-0.1, -0.05) is 62.2 Å². The maximum atomic E-state index is 12.0. The molecule has 1 N–H and O–H groups in total. The van der Waals surface area contributed by atoms with Crippen molar-refractivity contribution in [3.8, 4) is 23.0 Å². The average molecular weight is 387 g/mol. The Morgan fingerprint density at radius 3 is 2.45 bits per heavy atom. The largest absolute Gasteiger partial charge is 0.478 e. The van der Waals surface area contributed by atoms with Crippen LogP contribution in [0.5, 0.6) is 0 Å². The fourth-order valence-corrected chi connectivity index (χ4v) is 2.87. The lowest BCUT2D eigenvalue weighted by molar-refractivity contribution is 0.0697. The highest BCUT2D eigenvalue weighted by Gasteiger charge is 2.15. The van der Waals surface area contributed by atoms with Crippen molar-refractivity contribution in [2.45, 2.75) is 33.2 Å². The summed E-state index contributed by atoms with van der Waals surface area (Å²) in [6.45, 7) is 4.13. The fourth-order valence-electron chi connectivity index (χ4n) is 2.87. The topological polar surface area (TPSA) is 85.1 Å². The summed E-state index contributed by atoms with van der Waals surface area (Å²) in [7, 11) is 0. The van der Waals surface area contributed by atoms with Crippen molar-refractivity contribution >= 4 is 11.8 Å². The van der Waals surface area contributed by atoms with Crippen LogP contribution in [0.15, 0.2) is 48.5 Å². The van der Waals surface area contributed by atoms with E-state index in [1.807, 2.05) is 37.3 Å². The third-order valence-corrected chi connectivity index (χ3v) is 4.37. The van der Waals surface area contributed by atoms with Gasteiger partial charge in [-0.2, -0.15) is 4.98 Å². The highest BCUT2D eigenvalue weighted by atomic mass is 16.4. The number of rotatable bonds is 6. The zero-order chi connectivity index (χ0) is 20.8. The number of ketones is 1. The van der Waals surface area contributed by atoms with Crippen molar-refractivity contribution in [3.63, 3.8) is 0 Å². The predicted molar refractivity (Wildman–Crippen MR) is 110 cm³/mol. The first-order chi connectivity index (χ1) is 14.0. The quantitative estimate of drug-likeness (QED) is 0.509. The second-order valence-corrected chi connectivity index (χ2v) is 6.40. The number of hydrogen-bond acceptors (Lipinski definition) is 4. The van der Waals surface area contributed by atoms with E-state index in [0.717, 1.165) is 11.1 Å². The van der Waals surface area contributed by atoms with Crippen LogP contribution < -0.4 is 0 Å². The molecule has 0 radical (unpaired) electrons. The van der Waals surface area contributed by atoms with Crippen LogP contribution in [0.2, 0.25) is 0 Å². The summed E-state index contributed by atoms with van der Waals surface area (Å²) >= 11 is 0. The van der Waals surface area contributed by atoms with Crippen molar-refractivity contribution < 1.29 is 14.7 Å². The Hall–Kier alpha value is -3.72. The molecule has 6 heteroatoms. The fraction of sp³-hybridized carbons (Fsp3) is 0.217. The zero-order valence-electron chi connectivity index (χ0n) is 16.3. The molecule has 3 aromatic rings. The average Bonchev–Trinajstić information content (AvgIpc) is 3.14. The van der Waals surface area contributed by atoms with E-state index < -0.39 is 5.97 Å². The highest BCUT2D eigenvalue weighted by Crippen LogP contribution is 2.24. The van der Waals surface area contributed by atoms with E-state index in [2.05, 4.69) is 21.9 Å². The highest BCUT2D eigenvalue weighted by molar-refractivity contribution is 5.96. The van der Waals surface area contributed by atoms with Crippen LogP contribution in [0.3, 0.4) is 0 Å². The molecule has 0 spiro atoms. The number of benzene rings is 2.